The highest BCUT2D eigenvalue weighted by Gasteiger charge is 2.52. The fourth-order valence-corrected chi connectivity index (χ4v) is 2.58. The number of hydrogen-bond acceptors (Lipinski definition) is 4. The lowest BCUT2D eigenvalue weighted by Crippen LogP contribution is -2.52. The molecule has 22 heavy (non-hydrogen) atoms. The van der Waals surface area contributed by atoms with Gasteiger partial charge in [-0.15, -0.1) is 0 Å². The van der Waals surface area contributed by atoms with Crippen molar-refractivity contribution in [2.45, 2.75) is 58.5 Å². The van der Waals surface area contributed by atoms with Crippen LogP contribution in [0, 0.1) is 0 Å². The van der Waals surface area contributed by atoms with Crippen LogP contribution in [0.25, 0.3) is 0 Å². The molecule has 1 aromatic rings. The normalized spacial score (nSPS) is 24.5. The van der Waals surface area contributed by atoms with Gasteiger partial charge in [0.25, 0.3) is 5.91 Å². The maximum atomic E-state index is 12.3. The van der Waals surface area contributed by atoms with Crippen LogP contribution in [0.3, 0.4) is 0 Å². The molecule has 5 nitrogen and oxygen atoms in total. The fourth-order valence-electron chi connectivity index (χ4n) is 2.58. The highest BCUT2D eigenvalue weighted by Crippen LogP contribution is 2.37. The molecule has 1 saturated heterocycles. The molecule has 2 heterocycles. The number of ether oxygens (including phenoxy) is 1. The molecule has 6 heteroatoms. The van der Waals surface area contributed by atoms with Crippen LogP contribution in [-0.4, -0.2) is 30.0 Å². The van der Waals surface area contributed by atoms with Crippen LogP contribution in [0.4, 0.5) is 0 Å². The second-order valence-electron chi connectivity index (χ2n) is 7.41. The number of fused-ring (bicyclic) bond motifs is 1. The molecular formula is C16H22BNO4. The van der Waals surface area contributed by atoms with Crippen LogP contribution in [0.1, 0.15) is 51.9 Å². The molecule has 1 fully saturated rings. The van der Waals surface area contributed by atoms with Gasteiger partial charge in [-0.1, -0.05) is 6.07 Å². The Morgan fingerprint density at radius 3 is 2.18 bits per heavy atom. The number of carbonyl (C=O) groups is 1. The third-order valence-electron chi connectivity index (χ3n) is 4.55. The van der Waals surface area contributed by atoms with Gasteiger partial charge in [-0.05, 0) is 59.1 Å². The lowest BCUT2D eigenvalue weighted by molar-refractivity contribution is 0.00578. The molecule has 0 aromatic heterocycles. The van der Waals surface area contributed by atoms with E-state index in [1.165, 1.54) is 0 Å². The van der Waals surface area contributed by atoms with Crippen LogP contribution in [0.2, 0.25) is 0 Å². The van der Waals surface area contributed by atoms with Crippen molar-refractivity contribution in [3.05, 3.63) is 23.8 Å². The average molecular weight is 303 g/mol. The smallest absolute Gasteiger partial charge is 0.468 e. The van der Waals surface area contributed by atoms with Crippen LogP contribution >= 0.6 is 0 Å². The lowest BCUT2D eigenvalue weighted by Gasteiger charge is -2.33. The van der Waals surface area contributed by atoms with Crippen molar-refractivity contribution >= 4 is 18.5 Å². The Balaban J connectivity index is 1.93. The molecule has 0 spiro atoms. The van der Waals surface area contributed by atoms with Crippen molar-refractivity contribution in [3.63, 3.8) is 0 Å². The van der Waals surface area contributed by atoms with E-state index >= 15 is 0 Å². The number of nitrogens with one attached hydrogen (secondary N) is 1. The third-order valence-corrected chi connectivity index (χ3v) is 4.55. The molecule has 1 aromatic carbocycles. The first kappa shape index (κ1) is 15.4. The van der Waals surface area contributed by atoms with Crippen molar-refractivity contribution < 1.29 is 18.8 Å². The van der Waals surface area contributed by atoms with Gasteiger partial charge in [0.2, 0.25) is 0 Å². The number of hydrogen-bond donors (Lipinski definition) is 1. The number of rotatable bonds is 1. The third kappa shape index (κ3) is 2.40. The van der Waals surface area contributed by atoms with Crippen LogP contribution < -0.4 is 15.5 Å². The molecule has 0 unspecified atom stereocenters. The Kier molecular flexibility index (Phi) is 3.14. The molecule has 118 valence electrons. The zero-order chi connectivity index (χ0) is 16.3. The Morgan fingerprint density at radius 2 is 1.59 bits per heavy atom. The second kappa shape index (κ2) is 4.49. The highest BCUT2D eigenvalue weighted by molar-refractivity contribution is 6.62. The summed E-state index contributed by atoms with van der Waals surface area (Å²) < 4.78 is 17.8. The van der Waals surface area contributed by atoms with Gasteiger partial charge in [0.05, 0.1) is 16.8 Å². The Labute approximate surface area is 131 Å². The van der Waals surface area contributed by atoms with Gasteiger partial charge in [0, 0.05) is 0 Å². The summed E-state index contributed by atoms with van der Waals surface area (Å²) >= 11 is 0. The van der Waals surface area contributed by atoms with Crippen molar-refractivity contribution in [1.82, 2.24) is 5.32 Å². The predicted octanol–water partition coefficient (Wildman–Crippen LogP) is 1.84. The van der Waals surface area contributed by atoms with Gasteiger partial charge < -0.3 is 19.4 Å². The molecule has 0 radical (unpaired) electrons. The van der Waals surface area contributed by atoms with Crippen molar-refractivity contribution in [3.8, 4) is 5.75 Å². The second-order valence-corrected chi connectivity index (χ2v) is 7.41. The molecule has 1 amide bonds. The maximum Gasteiger partial charge on any atom is 0.494 e. The summed E-state index contributed by atoms with van der Waals surface area (Å²) in [6.45, 7) is 11.6. The SMILES string of the molecule is CC1(C)NC(=O)c2cc(B3OC(C)(C)C(C)(C)O3)ccc2O1. The largest absolute Gasteiger partial charge is 0.494 e. The highest BCUT2D eigenvalue weighted by atomic mass is 16.7. The van der Waals surface area contributed by atoms with E-state index in [0.717, 1.165) is 5.46 Å². The minimum atomic E-state index is -0.698. The zero-order valence-corrected chi connectivity index (χ0v) is 13.9. The maximum absolute atomic E-state index is 12.3. The number of benzene rings is 1. The summed E-state index contributed by atoms with van der Waals surface area (Å²) in [6, 6.07) is 5.47. The van der Waals surface area contributed by atoms with E-state index < -0.39 is 24.0 Å². The monoisotopic (exact) mass is 303 g/mol. The molecule has 3 rings (SSSR count). The Bertz CT molecular complexity index is 623. The van der Waals surface area contributed by atoms with E-state index in [-0.39, 0.29) is 5.91 Å². The summed E-state index contributed by atoms with van der Waals surface area (Å²) in [5.74, 6) is 0.429. The van der Waals surface area contributed by atoms with E-state index in [1.54, 1.807) is 12.1 Å². The van der Waals surface area contributed by atoms with E-state index in [9.17, 15) is 4.79 Å². The van der Waals surface area contributed by atoms with Gasteiger partial charge >= 0.3 is 7.12 Å². The average Bonchev–Trinajstić information content (AvgIpc) is 2.56. The summed E-state index contributed by atoms with van der Waals surface area (Å²) in [4.78, 5) is 12.3. The quantitative estimate of drug-likeness (QED) is 0.804. The molecule has 2 aliphatic heterocycles. The predicted molar refractivity (Wildman–Crippen MR) is 84.3 cm³/mol. The molecular weight excluding hydrogens is 281 g/mol. The van der Waals surface area contributed by atoms with Crippen LogP contribution in [-0.2, 0) is 9.31 Å². The Morgan fingerprint density at radius 1 is 1.00 bits per heavy atom. The molecule has 0 aliphatic carbocycles. The Hall–Kier alpha value is -1.53. The van der Waals surface area contributed by atoms with Gasteiger partial charge in [-0.2, -0.15) is 0 Å². The standard InChI is InChI=1S/C16H22BNO4/c1-14(2)15(3,4)22-17(21-14)10-7-8-12-11(9-10)13(19)18-16(5,6)20-12/h7-9H,1-6H3,(H,18,19). The lowest BCUT2D eigenvalue weighted by atomic mass is 9.78. The summed E-state index contributed by atoms with van der Waals surface area (Å²) in [6.07, 6.45) is 0. The molecule has 2 aliphatic rings. The van der Waals surface area contributed by atoms with Gasteiger partial charge in [-0.3, -0.25) is 4.79 Å². The first-order valence-corrected chi connectivity index (χ1v) is 7.52. The van der Waals surface area contributed by atoms with Crippen LogP contribution in [0.15, 0.2) is 18.2 Å². The van der Waals surface area contributed by atoms with E-state index in [4.69, 9.17) is 14.0 Å². The van der Waals surface area contributed by atoms with E-state index in [1.807, 2.05) is 47.6 Å². The van der Waals surface area contributed by atoms with Gasteiger partial charge in [0.1, 0.15) is 5.75 Å². The van der Waals surface area contributed by atoms with Crippen LogP contribution in [0.5, 0.6) is 5.75 Å². The zero-order valence-electron chi connectivity index (χ0n) is 13.9. The van der Waals surface area contributed by atoms with Crippen molar-refractivity contribution in [1.29, 1.82) is 0 Å². The fraction of sp³-hybridized carbons (Fsp3) is 0.562. The number of carbonyl (C=O) groups excluding carboxylic acids is 1. The van der Waals surface area contributed by atoms with E-state index in [2.05, 4.69) is 5.32 Å². The number of amides is 1. The summed E-state index contributed by atoms with van der Waals surface area (Å²) in [5.41, 5.74) is -0.194. The summed E-state index contributed by atoms with van der Waals surface area (Å²) in [7, 11) is -0.488. The van der Waals surface area contributed by atoms with Gasteiger partial charge in [0.15, 0.2) is 5.72 Å². The van der Waals surface area contributed by atoms with Crippen molar-refractivity contribution in [2.24, 2.45) is 0 Å². The van der Waals surface area contributed by atoms with Crippen molar-refractivity contribution in [2.75, 3.05) is 0 Å². The first-order chi connectivity index (χ1) is 10.0. The van der Waals surface area contributed by atoms with E-state index in [0.29, 0.717) is 11.3 Å². The first-order valence-electron chi connectivity index (χ1n) is 7.52. The molecule has 0 bridgehead atoms. The molecule has 1 N–H and O–H groups in total. The topological polar surface area (TPSA) is 56.8 Å². The molecule has 0 saturated carbocycles. The van der Waals surface area contributed by atoms with Gasteiger partial charge in [-0.25, -0.2) is 0 Å². The summed E-state index contributed by atoms with van der Waals surface area (Å²) in [5, 5.41) is 2.82. The minimum absolute atomic E-state index is 0.149. The minimum Gasteiger partial charge on any atom is -0.468 e. The molecule has 0 atom stereocenters.